The van der Waals surface area contributed by atoms with Crippen LogP contribution in [0.3, 0.4) is 0 Å². The van der Waals surface area contributed by atoms with Crippen LogP contribution in [0.4, 0.5) is 0 Å². The standard InChI is InChI=1S/C22H32N2O/c1-4-6-7-8-9-14-25-21-12-10-20(11-13-21)22-23-16-19(17-24-22)15-18(3)5-2/h10-13,16-18H,4-9,14-15H2,1-3H3/t18-/m0/s1. The van der Waals surface area contributed by atoms with E-state index in [1.54, 1.807) is 0 Å². The van der Waals surface area contributed by atoms with Crippen LogP contribution in [-0.2, 0) is 6.42 Å². The molecule has 0 bridgehead atoms. The zero-order valence-electron chi connectivity index (χ0n) is 16.0. The van der Waals surface area contributed by atoms with Gasteiger partial charge in [0, 0.05) is 18.0 Å². The lowest BCUT2D eigenvalue weighted by molar-refractivity contribution is 0.304. The molecule has 0 aliphatic rings. The lowest BCUT2D eigenvalue weighted by Gasteiger charge is -2.09. The summed E-state index contributed by atoms with van der Waals surface area (Å²) in [7, 11) is 0. The molecule has 0 saturated carbocycles. The number of nitrogens with zero attached hydrogens (tertiary/aromatic N) is 2. The number of hydrogen-bond acceptors (Lipinski definition) is 3. The molecule has 1 aromatic carbocycles. The number of unbranched alkanes of at least 4 members (excludes halogenated alkanes) is 4. The molecule has 1 heterocycles. The van der Waals surface area contributed by atoms with Crippen molar-refractivity contribution >= 4 is 0 Å². The summed E-state index contributed by atoms with van der Waals surface area (Å²) >= 11 is 0. The van der Waals surface area contributed by atoms with Crippen LogP contribution >= 0.6 is 0 Å². The average molecular weight is 341 g/mol. The number of ether oxygens (including phenoxy) is 1. The molecule has 0 amide bonds. The average Bonchev–Trinajstić information content (AvgIpc) is 2.65. The van der Waals surface area contributed by atoms with Crippen molar-refractivity contribution < 1.29 is 4.74 Å². The number of benzene rings is 1. The Labute approximate surface area is 152 Å². The molecule has 0 fully saturated rings. The molecule has 1 aromatic heterocycles. The quantitative estimate of drug-likeness (QED) is 0.465. The summed E-state index contributed by atoms with van der Waals surface area (Å²) in [6, 6.07) is 8.10. The summed E-state index contributed by atoms with van der Waals surface area (Å²) in [5.74, 6) is 2.37. The second-order valence-electron chi connectivity index (χ2n) is 6.92. The third-order valence-electron chi connectivity index (χ3n) is 4.62. The molecule has 0 saturated heterocycles. The van der Waals surface area contributed by atoms with Crippen LogP contribution < -0.4 is 4.74 Å². The maximum absolute atomic E-state index is 5.81. The van der Waals surface area contributed by atoms with Gasteiger partial charge in [0.25, 0.3) is 0 Å². The lowest BCUT2D eigenvalue weighted by Crippen LogP contribution is -2.00. The molecular weight excluding hydrogens is 308 g/mol. The van der Waals surface area contributed by atoms with E-state index in [0.717, 1.165) is 36.6 Å². The van der Waals surface area contributed by atoms with Crippen molar-refractivity contribution in [1.82, 2.24) is 9.97 Å². The first-order valence-corrected chi connectivity index (χ1v) is 9.77. The van der Waals surface area contributed by atoms with Gasteiger partial charge in [-0.2, -0.15) is 0 Å². The van der Waals surface area contributed by atoms with Crippen LogP contribution in [0.1, 0.15) is 64.9 Å². The molecule has 2 rings (SSSR count). The minimum absolute atomic E-state index is 0.674. The van der Waals surface area contributed by atoms with Crippen molar-refractivity contribution in [2.45, 2.75) is 65.7 Å². The van der Waals surface area contributed by atoms with E-state index in [2.05, 4.69) is 30.7 Å². The maximum atomic E-state index is 5.81. The molecule has 3 nitrogen and oxygen atoms in total. The van der Waals surface area contributed by atoms with Gasteiger partial charge in [-0.1, -0.05) is 52.9 Å². The number of aromatic nitrogens is 2. The van der Waals surface area contributed by atoms with Gasteiger partial charge in [0.1, 0.15) is 5.75 Å². The first-order chi connectivity index (χ1) is 12.2. The van der Waals surface area contributed by atoms with Gasteiger partial charge in [0.15, 0.2) is 5.82 Å². The van der Waals surface area contributed by atoms with E-state index in [9.17, 15) is 0 Å². The number of hydrogen-bond donors (Lipinski definition) is 0. The Bertz CT molecular complexity index is 592. The third kappa shape index (κ3) is 6.85. The van der Waals surface area contributed by atoms with Crippen LogP contribution in [0.15, 0.2) is 36.7 Å². The highest BCUT2D eigenvalue weighted by Crippen LogP contribution is 2.20. The van der Waals surface area contributed by atoms with Crippen molar-refractivity contribution in [1.29, 1.82) is 0 Å². The molecule has 2 aromatic rings. The SMILES string of the molecule is CCCCCCCOc1ccc(-c2ncc(C[C@@H](C)CC)cn2)cc1. The predicted octanol–water partition coefficient (Wildman–Crippen LogP) is 6.08. The first kappa shape index (κ1) is 19.4. The van der Waals surface area contributed by atoms with Crippen LogP contribution in [0.25, 0.3) is 11.4 Å². The Morgan fingerprint density at radius 3 is 2.24 bits per heavy atom. The largest absolute Gasteiger partial charge is 0.494 e. The molecule has 25 heavy (non-hydrogen) atoms. The highest BCUT2D eigenvalue weighted by Gasteiger charge is 2.05. The summed E-state index contributed by atoms with van der Waals surface area (Å²) in [4.78, 5) is 9.04. The summed E-state index contributed by atoms with van der Waals surface area (Å²) in [6.07, 6.45) is 12.4. The molecule has 1 atom stereocenters. The molecule has 0 unspecified atom stereocenters. The van der Waals surface area contributed by atoms with Gasteiger partial charge in [-0.25, -0.2) is 9.97 Å². The normalized spacial score (nSPS) is 12.1. The molecule has 0 aliphatic carbocycles. The Morgan fingerprint density at radius 1 is 0.920 bits per heavy atom. The van der Waals surface area contributed by atoms with E-state index < -0.39 is 0 Å². The second-order valence-corrected chi connectivity index (χ2v) is 6.92. The topological polar surface area (TPSA) is 35.0 Å². The fraction of sp³-hybridized carbons (Fsp3) is 0.545. The molecule has 3 heteroatoms. The van der Waals surface area contributed by atoms with Crippen LogP contribution in [0.2, 0.25) is 0 Å². The van der Waals surface area contributed by atoms with E-state index in [0.29, 0.717) is 5.92 Å². The summed E-state index contributed by atoms with van der Waals surface area (Å²) in [6.45, 7) is 7.51. The third-order valence-corrected chi connectivity index (χ3v) is 4.62. The smallest absolute Gasteiger partial charge is 0.159 e. The van der Waals surface area contributed by atoms with Crippen molar-refractivity contribution in [3.63, 3.8) is 0 Å². The molecule has 0 N–H and O–H groups in total. The summed E-state index contributed by atoms with van der Waals surface area (Å²) < 4.78 is 5.81. The van der Waals surface area contributed by atoms with E-state index in [-0.39, 0.29) is 0 Å². The minimum Gasteiger partial charge on any atom is -0.494 e. The van der Waals surface area contributed by atoms with Gasteiger partial charge in [-0.05, 0) is 48.6 Å². The number of rotatable bonds is 11. The second kappa shape index (κ2) is 10.9. The zero-order chi connectivity index (χ0) is 17.9. The fourth-order valence-electron chi connectivity index (χ4n) is 2.75. The monoisotopic (exact) mass is 340 g/mol. The zero-order valence-corrected chi connectivity index (χ0v) is 16.0. The fourth-order valence-corrected chi connectivity index (χ4v) is 2.75. The van der Waals surface area contributed by atoms with Crippen molar-refractivity contribution in [3.8, 4) is 17.1 Å². The molecule has 0 radical (unpaired) electrons. The van der Waals surface area contributed by atoms with E-state index >= 15 is 0 Å². The maximum Gasteiger partial charge on any atom is 0.159 e. The van der Waals surface area contributed by atoms with Crippen LogP contribution in [0, 0.1) is 5.92 Å². The van der Waals surface area contributed by atoms with Gasteiger partial charge in [-0.3, -0.25) is 0 Å². The van der Waals surface area contributed by atoms with Crippen LogP contribution in [-0.4, -0.2) is 16.6 Å². The highest BCUT2D eigenvalue weighted by atomic mass is 16.5. The van der Waals surface area contributed by atoms with Crippen molar-refractivity contribution in [2.75, 3.05) is 6.61 Å². The molecule has 0 spiro atoms. The van der Waals surface area contributed by atoms with E-state index in [4.69, 9.17) is 4.74 Å². The Hall–Kier alpha value is -1.90. The minimum atomic E-state index is 0.674. The molecular formula is C22H32N2O. The lowest BCUT2D eigenvalue weighted by atomic mass is 10.0. The predicted molar refractivity (Wildman–Crippen MR) is 105 cm³/mol. The van der Waals surface area contributed by atoms with E-state index in [1.807, 2.05) is 36.7 Å². The first-order valence-electron chi connectivity index (χ1n) is 9.77. The van der Waals surface area contributed by atoms with Gasteiger partial charge in [-0.15, -0.1) is 0 Å². The van der Waals surface area contributed by atoms with Gasteiger partial charge >= 0.3 is 0 Å². The molecule has 136 valence electrons. The molecule has 0 aliphatic heterocycles. The van der Waals surface area contributed by atoms with E-state index in [1.165, 1.54) is 37.7 Å². The van der Waals surface area contributed by atoms with Gasteiger partial charge < -0.3 is 4.74 Å². The van der Waals surface area contributed by atoms with Gasteiger partial charge in [0.2, 0.25) is 0 Å². The van der Waals surface area contributed by atoms with Crippen molar-refractivity contribution in [3.05, 3.63) is 42.2 Å². The Kier molecular flexibility index (Phi) is 8.44. The highest BCUT2D eigenvalue weighted by molar-refractivity contribution is 5.55. The van der Waals surface area contributed by atoms with Crippen molar-refractivity contribution in [2.24, 2.45) is 5.92 Å². The Morgan fingerprint density at radius 2 is 1.60 bits per heavy atom. The van der Waals surface area contributed by atoms with Gasteiger partial charge in [0.05, 0.1) is 6.61 Å². The summed E-state index contributed by atoms with van der Waals surface area (Å²) in [5.41, 5.74) is 2.24. The Balaban J connectivity index is 1.83. The summed E-state index contributed by atoms with van der Waals surface area (Å²) in [5, 5.41) is 0. The van der Waals surface area contributed by atoms with Crippen LogP contribution in [0.5, 0.6) is 5.75 Å².